The van der Waals surface area contributed by atoms with Gasteiger partial charge in [-0.2, -0.15) is 0 Å². The molecule has 0 saturated carbocycles. The number of nitrogens with zero attached hydrogens (tertiary/aromatic N) is 3. The number of anilines is 3. The molecule has 1 N–H and O–H groups in total. The second-order valence-electron chi connectivity index (χ2n) is 6.47. The summed E-state index contributed by atoms with van der Waals surface area (Å²) < 4.78 is 5.35. The molecule has 1 aliphatic heterocycles. The minimum absolute atomic E-state index is 0.0930. The molecule has 1 unspecified atom stereocenters. The lowest BCUT2D eigenvalue weighted by Gasteiger charge is -2.22. The lowest BCUT2D eigenvalue weighted by atomic mass is 10.1. The molecule has 0 saturated heterocycles. The van der Waals surface area contributed by atoms with Gasteiger partial charge in [0, 0.05) is 17.8 Å². The zero-order valence-electron chi connectivity index (χ0n) is 15.2. The predicted molar refractivity (Wildman–Crippen MR) is 105 cm³/mol. The Bertz CT molecular complexity index is 989. The number of hydrogen-bond donors (Lipinski definition) is 1. The summed E-state index contributed by atoms with van der Waals surface area (Å²) in [4.78, 5) is 23.4. The van der Waals surface area contributed by atoms with Crippen molar-refractivity contribution in [3.63, 3.8) is 0 Å². The second-order valence-corrected chi connectivity index (χ2v) is 6.47. The third-order valence-electron chi connectivity index (χ3n) is 4.68. The van der Waals surface area contributed by atoms with Crippen LogP contribution >= 0.6 is 0 Å². The molecule has 4 rings (SSSR count). The van der Waals surface area contributed by atoms with Crippen LogP contribution in [0.5, 0.6) is 5.75 Å². The van der Waals surface area contributed by atoms with Gasteiger partial charge in [-0.05, 0) is 37.1 Å². The maximum absolute atomic E-state index is 13.1. The fraction of sp³-hybridized carbons (Fsp3) is 0.190. The van der Waals surface area contributed by atoms with Crippen molar-refractivity contribution in [1.82, 2.24) is 9.97 Å². The van der Waals surface area contributed by atoms with Crippen molar-refractivity contribution in [2.45, 2.75) is 19.4 Å². The van der Waals surface area contributed by atoms with Crippen LogP contribution in [-0.2, 0) is 6.42 Å². The van der Waals surface area contributed by atoms with E-state index in [1.54, 1.807) is 13.2 Å². The molecule has 1 amide bonds. The number of carbonyl (C=O) groups is 1. The van der Waals surface area contributed by atoms with Gasteiger partial charge in [-0.15, -0.1) is 0 Å². The number of methoxy groups -OCH3 is 1. The minimum Gasteiger partial charge on any atom is -0.495 e. The monoisotopic (exact) mass is 360 g/mol. The molecule has 27 heavy (non-hydrogen) atoms. The van der Waals surface area contributed by atoms with Gasteiger partial charge in [-0.1, -0.05) is 30.3 Å². The Kier molecular flexibility index (Phi) is 4.46. The van der Waals surface area contributed by atoms with E-state index in [9.17, 15) is 4.79 Å². The number of nitrogens with one attached hydrogen (secondary N) is 1. The molecule has 2 aromatic carbocycles. The predicted octanol–water partition coefficient (Wildman–Crippen LogP) is 3.82. The standard InChI is InChI=1S/C21H20N4O2/c1-14-11-15-7-3-5-9-18(15)25(14)21(26)17-12-20(23-13-22-17)24-16-8-4-6-10-19(16)27-2/h3-10,12-14H,11H2,1-2H3,(H,22,23,24). The highest BCUT2D eigenvalue weighted by Gasteiger charge is 2.32. The first kappa shape index (κ1) is 17.0. The Morgan fingerprint density at radius 3 is 2.78 bits per heavy atom. The van der Waals surface area contributed by atoms with E-state index in [4.69, 9.17) is 4.74 Å². The molecule has 2 heterocycles. The van der Waals surface area contributed by atoms with E-state index in [0.717, 1.165) is 17.8 Å². The van der Waals surface area contributed by atoms with Crippen molar-refractivity contribution in [2.24, 2.45) is 0 Å². The summed E-state index contributed by atoms with van der Waals surface area (Å²) in [6.07, 6.45) is 2.25. The Morgan fingerprint density at radius 1 is 1.15 bits per heavy atom. The first-order valence-corrected chi connectivity index (χ1v) is 8.81. The van der Waals surface area contributed by atoms with Crippen LogP contribution in [0.15, 0.2) is 60.9 Å². The van der Waals surface area contributed by atoms with E-state index in [-0.39, 0.29) is 11.9 Å². The van der Waals surface area contributed by atoms with Gasteiger partial charge in [0.2, 0.25) is 0 Å². The topological polar surface area (TPSA) is 67.3 Å². The highest BCUT2D eigenvalue weighted by molar-refractivity contribution is 6.06. The lowest BCUT2D eigenvalue weighted by Crippen LogP contribution is -2.36. The van der Waals surface area contributed by atoms with Gasteiger partial charge in [-0.3, -0.25) is 4.79 Å². The van der Waals surface area contributed by atoms with Crippen LogP contribution < -0.4 is 15.0 Å². The molecule has 1 atom stereocenters. The van der Waals surface area contributed by atoms with Crippen molar-refractivity contribution in [3.8, 4) is 5.75 Å². The molecular formula is C21H20N4O2. The molecule has 0 bridgehead atoms. The molecule has 0 spiro atoms. The van der Waals surface area contributed by atoms with E-state index in [2.05, 4.69) is 21.4 Å². The van der Waals surface area contributed by atoms with Crippen LogP contribution in [0.3, 0.4) is 0 Å². The smallest absolute Gasteiger partial charge is 0.277 e. The molecule has 6 nitrogen and oxygen atoms in total. The summed E-state index contributed by atoms with van der Waals surface area (Å²) in [5, 5.41) is 3.19. The quantitative estimate of drug-likeness (QED) is 0.766. The van der Waals surface area contributed by atoms with Crippen LogP contribution in [0.2, 0.25) is 0 Å². The third kappa shape index (κ3) is 3.21. The Labute approximate surface area is 157 Å². The van der Waals surface area contributed by atoms with Gasteiger partial charge in [-0.25, -0.2) is 9.97 Å². The number of para-hydroxylation sites is 3. The van der Waals surface area contributed by atoms with Gasteiger partial charge >= 0.3 is 0 Å². The number of aromatic nitrogens is 2. The highest BCUT2D eigenvalue weighted by atomic mass is 16.5. The molecule has 0 aliphatic carbocycles. The van der Waals surface area contributed by atoms with Gasteiger partial charge in [0.25, 0.3) is 5.91 Å². The van der Waals surface area contributed by atoms with Crippen molar-refractivity contribution in [2.75, 3.05) is 17.3 Å². The molecule has 3 aromatic rings. The Balaban J connectivity index is 1.62. The first-order chi connectivity index (χ1) is 13.2. The van der Waals surface area contributed by atoms with Crippen LogP contribution in [-0.4, -0.2) is 29.0 Å². The second kappa shape index (κ2) is 7.07. The Morgan fingerprint density at radius 2 is 1.93 bits per heavy atom. The zero-order valence-corrected chi connectivity index (χ0v) is 15.2. The summed E-state index contributed by atoms with van der Waals surface area (Å²) in [6, 6.07) is 17.3. The fourth-order valence-corrected chi connectivity index (χ4v) is 3.43. The number of fused-ring (bicyclic) bond motifs is 1. The number of carbonyl (C=O) groups excluding carboxylic acids is 1. The van der Waals surface area contributed by atoms with Crippen molar-refractivity contribution in [1.29, 1.82) is 0 Å². The lowest BCUT2D eigenvalue weighted by molar-refractivity contribution is 0.0976. The van der Waals surface area contributed by atoms with Gasteiger partial charge in [0.05, 0.1) is 12.8 Å². The number of benzene rings is 2. The summed E-state index contributed by atoms with van der Waals surface area (Å²) in [7, 11) is 1.61. The number of rotatable bonds is 4. The third-order valence-corrected chi connectivity index (χ3v) is 4.68. The van der Waals surface area contributed by atoms with Crippen LogP contribution in [0, 0.1) is 0 Å². The van der Waals surface area contributed by atoms with Crippen LogP contribution in [0.4, 0.5) is 17.2 Å². The maximum atomic E-state index is 13.1. The molecule has 136 valence electrons. The van der Waals surface area contributed by atoms with Crippen molar-refractivity contribution < 1.29 is 9.53 Å². The van der Waals surface area contributed by atoms with Gasteiger partial charge in [0.1, 0.15) is 23.6 Å². The number of amides is 1. The summed E-state index contributed by atoms with van der Waals surface area (Å²) >= 11 is 0. The molecule has 1 aromatic heterocycles. The minimum atomic E-state index is -0.127. The van der Waals surface area contributed by atoms with Crippen LogP contribution in [0.25, 0.3) is 0 Å². The van der Waals surface area contributed by atoms with Gasteiger partial charge < -0.3 is 15.0 Å². The molecule has 0 radical (unpaired) electrons. The molecule has 1 aliphatic rings. The SMILES string of the molecule is COc1ccccc1Nc1cc(C(=O)N2c3ccccc3CC2C)ncn1. The molecular weight excluding hydrogens is 340 g/mol. The van der Waals surface area contributed by atoms with E-state index in [0.29, 0.717) is 17.3 Å². The molecule has 6 heteroatoms. The highest BCUT2D eigenvalue weighted by Crippen LogP contribution is 2.33. The number of ether oxygens (including phenoxy) is 1. The van der Waals surface area contributed by atoms with E-state index >= 15 is 0 Å². The summed E-state index contributed by atoms with van der Waals surface area (Å²) in [5.74, 6) is 1.11. The van der Waals surface area contributed by atoms with E-state index in [1.807, 2.05) is 54.3 Å². The maximum Gasteiger partial charge on any atom is 0.277 e. The summed E-state index contributed by atoms with van der Waals surface area (Å²) in [5.41, 5.74) is 3.26. The van der Waals surface area contributed by atoms with E-state index in [1.165, 1.54) is 11.9 Å². The average Bonchev–Trinajstić information content (AvgIpc) is 3.03. The van der Waals surface area contributed by atoms with E-state index < -0.39 is 0 Å². The fourth-order valence-electron chi connectivity index (χ4n) is 3.43. The largest absolute Gasteiger partial charge is 0.495 e. The number of hydrogen-bond acceptors (Lipinski definition) is 5. The van der Waals surface area contributed by atoms with Crippen molar-refractivity contribution >= 4 is 23.1 Å². The average molecular weight is 360 g/mol. The van der Waals surface area contributed by atoms with Crippen LogP contribution in [0.1, 0.15) is 23.0 Å². The first-order valence-electron chi connectivity index (χ1n) is 8.81. The summed E-state index contributed by atoms with van der Waals surface area (Å²) in [6.45, 7) is 2.05. The Hall–Kier alpha value is -3.41. The zero-order chi connectivity index (χ0) is 18.8. The normalized spacial score (nSPS) is 15.3. The van der Waals surface area contributed by atoms with Gasteiger partial charge in [0.15, 0.2) is 0 Å². The van der Waals surface area contributed by atoms with Crippen molar-refractivity contribution in [3.05, 3.63) is 72.2 Å². The molecule has 0 fully saturated rings.